The van der Waals surface area contributed by atoms with E-state index in [-0.39, 0.29) is 16.4 Å². The summed E-state index contributed by atoms with van der Waals surface area (Å²) in [6.07, 6.45) is 3.23. The Morgan fingerprint density at radius 2 is 1.44 bits per heavy atom. The molecule has 0 fully saturated rings. The number of rotatable bonds is 6. The SMILES string of the molecule is CCC1(C)c2cccc3c4cc(CC(C)(C)C)ccc4[n+]4c(-c5c(C(C)C)cccc5C(C)C)c(C)n(c4c23)C1(C)CC. The van der Waals surface area contributed by atoms with Gasteiger partial charge in [-0.25, -0.2) is 4.57 Å². The zero-order valence-corrected chi connectivity index (χ0v) is 28.9. The third-order valence-corrected chi connectivity index (χ3v) is 11.2. The number of hydrogen-bond donors (Lipinski definition) is 0. The fourth-order valence-corrected chi connectivity index (χ4v) is 8.66. The van der Waals surface area contributed by atoms with Crippen LogP contribution in [0.15, 0.2) is 54.6 Å². The van der Waals surface area contributed by atoms with Gasteiger partial charge in [0.15, 0.2) is 5.69 Å². The lowest BCUT2D eigenvalue weighted by Crippen LogP contribution is -2.52. The van der Waals surface area contributed by atoms with E-state index in [1.165, 1.54) is 66.5 Å². The second-order valence-electron chi connectivity index (χ2n) is 15.7. The van der Waals surface area contributed by atoms with Crippen LogP contribution in [0.5, 0.6) is 0 Å². The normalized spacial score (nSPS) is 20.5. The van der Waals surface area contributed by atoms with E-state index in [4.69, 9.17) is 0 Å². The average molecular weight is 574 g/mol. The fraction of sp³-hybridized carbons (Fsp3) is 0.488. The van der Waals surface area contributed by atoms with Gasteiger partial charge in [0, 0.05) is 28.7 Å². The van der Waals surface area contributed by atoms with Crippen molar-refractivity contribution < 1.29 is 4.40 Å². The van der Waals surface area contributed by atoms with Crippen molar-refractivity contribution in [1.82, 2.24) is 4.57 Å². The van der Waals surface area contributed by atoms with E-state index >= 15 is 0 Å². The number of benzene rings is 3. The average Bonchev–Trinajstić information content (AvgIpc) is 3.27. The van der Waals surface area contributed by atoms with Gasteiger partial charge in [-0.15, -0.1) is 0 Å². The molecule has 0 saturated carbocycles. The van der Waals surface area contributed by atoms with Crippen LogP contribution in [0.1, 0.15) is 129 Å². The molecule has 1 aliphatic heterocycles. The van der Waals surface area contributed by atoms with Gasteiger partial charge in [0.2, 0.25) is 0 Å². The van der Waals surface area contributed by atoms with Gasteiger partial charge >= 0.3 is 0 Å². The third kappa shape index (κ3) is 4.08. The van der Waals surface area contributed by atoms with E-state index in [9.17, 15) is 0 Å². The van der Waals surface area contributed by atoms with Gasteiger partial charge < -0.3 is 0 Å². The van der Waals surface area contributed by atoms with E-state index in [0.29, 0.717) is 11.8 Å². The molecular formula is C41H53N2+. The quantitative estimate of drug-likeness (QED) is 0.141. The zero-order chi connectivity index (χ0) is 31.2. The van der Waals surface area contributed by atoms with E-state index in [2.05, 4.69) is 147 Å². The van der Waals surface area contributed by atoms with Gasteiger partial charge in [-0.05, 0) is 77.8 Å². The number of pyridine rings is 1. The Bertz CT molecular complexity index is 1870. The molecule has 0 bridgehead atoms. The molecule has 3 heterocycles. The molecule has 0 spiro atoms. The molecule has 43 heavy (non-hydrogen) atoms. The summed E-state index contributed by atoms with van der Waals surface area (Å²) in [6, 6.07) is 21.5. The first-order chi connectivity index (χ1) is 20.2. The van der Waals surface area contributed by atoms with Crippen molar-refractivity contribution in [1.29, 1.82) is 0 Å². The largest absolute Gasteiger partial charge is 0.296 e. The second kappa shape index (κ2) is 9.94. The van der Waals surface area contributed by atoms with Gasteiger partial charge in [0.1, 0.15) is 16.7 Å². The Kier molecular flexibility index (Phi) is 6.92. The molecule has 2 heteroatoms. The van der Waals surface area contributed by atoms with Gasteiger partial charge in [-0.2, -0.15) is 4.40 Å². The molecule has 0 saturated heterocycles. The van der Waals surface area contributed by atoms with Crippen LogP contribution in [0.3, 0.4) is 0 Å². The molecule has 0 amide bonds. The van der Waals surface area contributed by atoms with Crippen LogP contribution in [0.2, 0.25) is 0 Å². The predicted octanol–water partition coefficient (Wildman–Crippen LogP) is 11.2. The Labute approximate surface area is 260 Å². The molecule has 3 aromatic carbocycles. The Morgan fingerprint density at radius 3 is 2.00 bits per heavy atom. The lowest BCUT2D eigenvalue weighted by atomic mass is 9.61. The fourth-order valence-electron chi connectivity index (χ4n) is 8.66. The van der Waals surface area contributed by atoms with Gasteiger partial charge in [0.25, 0.3) is 5.65 Å². The van der Waals surface area contributed by atoms with Crippen molar-refractivity contribution >= 4 is 27.3 Å². The van der Waals surface area contributed by atoms with Crippen LogP contribution in [0, 0.1) is 12.3 Å². The Hall–Kier alpha value is -3.13. The number of nitrogens with zero attached hydrogens (tertiary/aromatic N) is 2. The van der Waals surface area contributed by atoms with Crippen LogP contribution >= 0.6 is 0 Å². The minimum atomic E-state index is -0.0682. The number of imidazole rings is 1. The third-order valence-electron chi connectivity index (χ3n) is 11.2. The minimum Gasteiger partial charge on any atom is -0.220 e. The van der Waals surface area contributed by atoms with Crippen LogP contribution in [0.25, 0.3) is 38.6 Å². The molecule has 0 radical (unpaired) electrons. The lowest BCUT2D eigenvalue weighted by molar-refractivity contribution is -0.467. The summed E-state index contributed by atoms with van der Waals surface area (Å²) in [7, 11) is 0. The molecule has 0 aliphatic carbocycles. The van der Waals surface area contributed by atoms with Crippen molar-refractivity contribution in [2.45, 2.75) is 125 Å². The zero-order valence-electron chi connectivity index (χ0n) is 28.9. The molecular weight excluding hydrogens is 520 g/mol. The summed E-state index contributed by atoms with van der Waals surface area (Å²) in [4.78, 5) is 0. The monoisotopic (exact) mass is 573 g/mol. The first-order valence-electron chi connectivity index (χ1n) is 16.8. The van der Waals surface area contributed by atoms with Crippen LogP contribution in [-0.4, -0.2) is 4.57 Å². The number of aromatic nitrogens is 2. The van der Waals surface area contributed by atoms with E-state index < -0.39 is 0 Å². The summed E-state index contributed by atoms with van der Waals surface area (Å²) < 4.78 is 5.47. The summed E-state index contributed by atoms with van der Waals surface area (Å²) >= 11 is 0. The highest BCUT2D eigenvalue weighted by atomic mass is 15.2. The van der Waals surface area contributed by atoms with Crippen LogP contribution < -0.4 is 4.40 Å². The molecule has 2 nitrogen and oxygen atoms in total. The lowest BCUT2D eigenvalue weighted by Gasteiger charge is -2.47. The van der Waals surface area contributed by atoms with Crippen LogP contribution in [-0.2, 0) is 17.4 Å². The molecule has 226 valence electrons. The maximum atomic E-state index is 2.78. The van der Waals surface area contributed by atoms with Gasteiger partial charge in [0.05, 0.1) is 5.39 Å². The predicted molar refractivity (Wildman–Crippen MR) is 186 cm³/mol. The molecule has 2 aromatic heterocycles. The van der Waals surface area contributed by atoms with Crippen molar-refractivity contribution in [3.05, 3.63) is 82.5 Å². The smallest absolute Gasteiger partial charge is 0.220 e. The van der Waals surface area contributed by atoms with Crippen LogP contribution in [0.4, 0.5) is 0 Å². The first-order valence-corrected chi connectivity index (χ1v) is 16.8. The number of fused-ring (bicyclic) bond motifs is 3. The minimum absolute atomic E-state index is 0.00204. The Balaban J connectivity index is 1.94. The Morgan fingerprint density at radius 1 is 0.814 bits per heavy atom. The second-order valence-corrected chi connectivity index (χ2v) is 15.7. The van der Waals surface area contributed by atoms with Crippen molar-refractivity contribution in [2.75, 3.05) is 0 Å². The molecule has 2 unspecified atom stereocenters. The molecule has 5 aromatic rings. The van der Waals surface area contributed by atoms with Crippen molar-refractivity contribution in [3.8, 4) is 11.3 Å². The molecule has 0 N–H and O–H groups in total. The maximum absolute atomic E-state index is 2.78. The van der Waals surface area contributed by atoms with Crippen molar-refractivity contribution in [2.24, 2.45) is 5.41 Å². The highest BCUT2D eigenvalue weighted by molar-refractivity contribution is 6.12. The topological polar surface area (TPSA) is 9.03 Å². The highest BCUT2D eigenvalue weighted by Gasteiger charge is 2.55. The summed E-state index contributed by atoms with van der Waals surface area (Å²) in [6.45, 7) is 28.7. The van der Waals surface area contributed by atoms with E-state index in [1.807, 2.05) is 0 Å². The first kappa shape index (κ1) is 29.9. The van der Waals surface area contributed by atoms with E-state index in [0.717, 1.165) is 19.3 Å². The summed E-state index contributed by atoms with van der Waals surface area (Å²) in [5, 5.41) is 4.22. The highest BCUT2D eigenvalue weighted by Crippen LogP contribution is 2.54. The van der Waals surface area contributed by atoms with E-state index in [1.54, 1.807) is 0 Å². The maximum Gasteiger partial charge on any atom is 0.296 e. The number of hydrogen-bond acceptors (Lipinski definition) is 0. The molecule has 6 rings (SSSR count). The molecule has 1 aliphatic rings. The van der Waals surface area contributed by atoms with Gasteiger partial charge in [-0.1, -0.05) is 112 Å². The standard InChI is InChI=1S/C41H53N2/c1-13-40(11)33-20-16-19-31-32-23-28(24-39(8,9)10)21-22-34(32)42-37(27(7)43(38(42)36(31)33)41(40,12)14-2)35-29(25(3)4)17-15-18-30(35)26(5)6/h15-23,25-26H,13-14,24H2,1-12H3/q+1. The summed E-state index contributed by atoms with van der Waals surface area (Å²) in [5.41, 5.74) is 12.9. The summed E-state index contributed by atoms with van der Waals surface area (Å²) in [5.74, 6) is 0.854. The van der Waals surface area contributed by atoms with Crippen molar-refractivity contribution in [3.63, 3.8) is 0 Å². The van der Waals surface area contributed by atoms with Gasteiger partial charge in [-0.3, -0.25) is 0 Å². The molecule has 2 atom stereocenters.